The van der Waals surface area contributed by atoms with Crippen LogP contribution >= 0.6 is 0 Å². The highest BCUT2D eigenvalue weighted by atomic mass is 16.4. The van der Waals surface area contributed by atoms with Crippen molar-refractivity contribution in [1.29, 1.82) is 5.26 Å². The van der Waals surface area contributed by atoms with Gasteiger partial charge >= 0.3 is 6.92 Å². The fourth-order valence-electron chi connectivity index (χ4n) is 1.11. The maximum absolute atomic E-state index is 10.7. The number of carbonyl (C=O) groups excluding carboxylic acids is 1. The number of Topliss-reactive ketones (excluding diaryl/α,β-unsaturated/α-hetero) is 1. The summed E-state index contributed by atoms with van der Waals surface area (Å²) in [5.41, 5.74) is 0. The molecule has 0 radical (unpaired) electrons. The molecule has 0 unspecified atom stereocenters. The van der Waals surface area contributed by atoms with Gasteiger partial charge in [-0.15, -0.1) is 0 Å². The summed E-state index contributed by atoms with van der Waals surface area (Å²) < 4.78 is 4.68. The Morgan fingerprint density at radius 3 is 2.33 bits per heavy atom. The fraction of sp³-hybridized carbons (Fsp3) is 0.750. The van der Waals surface area contributed by atoms with E-state index in [1.807, 2.05) is 13.8 Å². The largest absolute Gasteiger partial charge is 0.498 e. The quantitative estimate of drug-likeness (QED) is 0.442. The highest BCUT2D eigenvalue weighted by molar-refractivity contribution is 6.53. The molecule has 0 aromatic rings. The second-order valence-corrected chi connectivity index (χ2v) is 2.45. The summed E-state index contributed by atoms with van der Waals surface area (Å²) in [5.74, 6) is 0.290. The number of carbonyl (C=O) groups is 1. The van der Waals surface area contributed by atoms with E-state index in [-0.39, 0.29) is 12.7 Å². The molecule has 3 nitrogen and oxygen atoms in total. The van der Waals surface area contributed by atoms with Gasteiger partial charge in [0.25, 0.3) is 6.26 Å². The van der Waals surface area contributed by atoms with Crippen LogP contribution in [0, 0.1) is 11.5 Å². The normalized spacial score (nSPS) is 15.8. The van der Waals surface area contributed by atoms with E-state index in [9.17, 15) is 4.79 Å². The number of ketones is 1. The van der Waals surface area contributed by atoms with Crippen molar-refractivity contribution >= 4 is 12.7 Å². The number of hydrogen-bond acceptors (Lipinski definition) is 3. The van der Waals surface area contributed by atoms with Crippen molar-refractivity contribution in [1.82, 2.24) is 0 Å². The molecule has 0 saturated carbocycles. The number of rotatable bonds is 1. The molecule has 0 N–H and O–H groups in total. The zero-order valence-corrected chi connectivity index (χ0v) is 7.67. The molecule has 0 spiro atoms. The van der Waals surface area contributed by atoms with Crippen molar-refractivity contribution in [2.24, 2.45) is 0 Å². The number of hydrogen-bond donors (Lipinski definition) is 0. The second kappa shape index (κ2) is 6.72. The Labute approximate surface area is 73.8 Å². The van der Waals surface area contributed by atoms with Crippen molar-refractivity contribution in [2.75, 3.05) is 0 Å². The minimum Gasteiger partial charge on any atom is -0.498 e. The van der Waals surface area contributed by atoms with Crippen LogP contribution in [0.4, 0.5) is 0 Å². The van der Waals surface area contributed by atoms with Crippen LogP contribution in [0.15, 0.2) is 0 Å². The molecule has 0 aliphatic carbocycles. The van der Waals surface area contributed by atoms with Gasteiger partial charge in [0, 0.05) is 12.8 Å². The van der Waals surface area contributed by atoms with Gasteiger partial charge in [0.2, 0.25) is 0 Å². The van der Waals surface area contributed by atoms with Gasteiger partial charge < -0.3 is 4.65 Å². The molecule has 4 heteroatoms. The predicted octanol–water partition coefficient (Wildman–Crippen LogP) is 1.86. The Balaban J connectivity index is 0.000000561. The molecule has 1 saturated heterocycles. The van der Waals surface area contributed by atoms with E-state index in [1.165, 1.54) is 0 Å². The summed E-state index contributed by atoms with van der Waals surface area (Å²) in [5, 5.41) is 8.13. The molecule has 0 aromatic carbocycles. The average Bonchev–Trinajstić information content (AvgIpc) is 2.13. The van der Waals surface area contributed by atoms with E-state index in [1.54, 1.807) is 6.26 Å². The van der Waals surface area contributed by atoms with Crippen LogP contribution < -0.4 is 0 Å². The molecular weight excluding hydrogens is 153 g/mol. The Bertz CT molecular complexity index is 166. The van der Waals surface area contributed by atoms with Crippen molar-refractivity contribution in [3.63, 3.8) is 0 Å². The monoisotopic (exact) mass is 167 g/mol. The van der Waals surface area contributed by atoms with Crippen LogP contribution in [-0.4, -0.2) is 12.7 Å². The average molecular weight is 167 g/mol. The van der Waals surface area contributed by atoms with E-state index in [2.05, 4.69) is 4.65 Å². The summed E-state index contributed by atoms with van der Waals surface area (Å²) in [6, 6.07) is 0. The summed E-state index contributed by atoms with van der Waals surface area (Å²) in [7, 11) is 0. The van der Waals surface area contributed by atoms with Gasteiger partial charge in [0.15, 0.2) is 0 Å². The van der Waals surface area contributed by atoms with E-state index < -0.39 is 0 Å². The van der Waals surface area contributed by atoms with Crippen molar-refractivity contribution in [3.8, 4) is 6.26 Å². The third-order valence-corrected chi connectivity index (χ3v) is 1.71. The lowest BCUT2D eigenvalue weighted by Crippen LogP contribution is -2.22. The minimum absolute atomic E-state index is 0.00250. The molecular formula is C8H14BNO2. The number of nitrogens with zero attached hydrogens (tertiary/aromatic N) is 1. The lowest BCUT2D eigenvalue weighted by Gasteiger charge is -2.13. The molecule has 0 amide bonds. The molecule has 1 fully saturated rings. The van der Waals surface area contributed by atoms with Crippen LogP contribution in [0.25, 0.3) is 0 Å². The SMILES string of the molecule is CC.N#COB1CCC(=O)CC1. The van der Waals surface area contributed by atoms with Gasteiger partial charge in [0.05, 0.1) is 0 Å². The Morgan fingerprint density at radius 1 is 1.42 bits per heavy atom. The first-order valence-corrected chi connectivity index (χ1v) is 4.39. The van der Waals surface area contributed by atoms with Gasteiger partial charge in [-0.25, -0.2) is 0 Å². The molecule has 12 heavy (non-hydrogen) atoms. The summed E-state index contributed by atoms with van der Waals surface area (Å²) in [6.45, 7) is 4.00. The lowest BCUT2D eigenvalue weighted by atomic mass is 9.56. The molecule has 66 valence electrons. The van der Waals surface area contributed by atoms with E-state index >= 15 is 0 Å². The van der Waals surface area contributed by atoms with Crippen LogP contribution in [-0.2, 0) is 9.45 Å². The van der Waals surface area contributed by atoms with Gasteiger partial charge in [-0.05, 0) is 12.6 Å². The minimum atomic E-state index is 0.00250. The molecule has 0 atom stereocenters. The van der Waals surface area contributed by atoms with Gasteiger partial charge in [-0.3, -0.25) is 4.79 Å². The van der Waals surface area contributed by atoms with Crippen molar-refractivity contribution < 1.29 is 9.45 Å². The van der Waals surface area contributed by atoms with Crippen molar-refractivity contribution in [2.45, 2.75) is 39.3 Å². The first-order chi connectivity index (χ1) is 5.83. The Kier molecular flexibility index (Phi) is 6.17. The van der Waals surface area contributed by atoms with Crippen LogP contribution in [0.2, 0.25) is 12.6 Å². The molecule has 1 aliphatic heterocycles. The maximum atomic E-state index is 10.7. The van der Waals surface area contributed by atoms with Crippen molar-refractivity contribution in [3.05, 3.63) is 0 Å². The van der Waals surface area contributed by atoms with Crippen LogP contribution in [0.1, 0.15) is 26.7 Å². The topological polar surface area (TPSA) is 50.1 Å². The zero-order valence-electron chi connectivity index (χ0n) is 7.67. The van der Waals surface area contributed by atoms with Crippen LogP contribution in [0.3, 0.4) is 0 Å². The molecule has 0 aromatic heterocycles. The molecule has 1 rings (SSSR count). The summed E-state index contributed by atoms with van der Waals surface area (Å²) in [6.07, 6.45) is 4.22. The van der Waals surface area contributed by atoms with E-state index in [0.717, 1.165) is 0 Å². The second-order valence-electron chi connectivity index (χ2n) is 2.45. The third kappa shape index (κ3) is 4.02. The number of nitriles is 1. The highest BCUT2D eigenvalue weighted by Gasteiger charge is 2.24. The van der Waals surface area contributed by atoms with Gasteiger partial charge in [0.1, 0.15) is 5.78 Å². The smallest absolute Gasteiger partial charge is 0.374 e. The Hall–Kier alpha value is -0.975. The molecule has 1 aliphatic rings. The molecule has 0 bridgehead atoms. The Morgan fingerprint density at radius 2 is 1.92 bits per heavy atom. The first-order valence-electron chi connectivity index (χ1n) is 4.39. The first kappa shape index (κ1) is 11.0. The van der Waals surface area contributed by atoms with E-state index in [0.29, 0.717) is 25.5 Å². The van der Waals surface area contributed by atoms with Crippen LogP contribution in [0.5, 0.6) is 0 Å². The maximum Gasteiger partial charge on any atom is 0.374 e. The van der Waals surface area contributed by atoms with Gasteiger partial charge in [-0.1, -0.05) is 13.8 Å². The highest BCUT2D eigenvalue weighted by Crippen LogP contribution is 2.15. The zero-order chi connectivity index (χ0) is 9.40. The molecule has 1 heterocycles. The summed E-state index contributed by atoms with van der Waals surface area (Å²) >= 11 is 0. The lowest BCUT2D eigenvalue weighted by molar-refractivity contribution is -0.118. The summed E-state index contributed by atoms with van der Waals surface area (Å²) in [4.78, 5) is 10.7. The fourth-order valence-corrected chi connectivity index (χ4v) is 1.11. The van der Waals surface area contributed by atoms with Gasteiger partial charge in [-0.2, -0.15) is 5.26 Å². The predicted molar refractivity (Wildman–Crippen MR) is 47.7 cm³/mol. The van der Waals surface area contributed by atoms with E-state index in [4.69, 9.17) is 5.26 Å². The third-order valence-electron chi connectivity index (χ3n) is 1.71. The standard InChI is InChI=1S/C6H8BNO2.C2H6/c8-5-10-7-3-1-6(9)2-4-7;1-2/h1-4H2;1-2H3.